The summed E-state index contributed by atoms with van der Waals surface area (Å²) < 4.78 is 5.43. The SMILES string of the molecule is NCC1CCCC1c1nc(N2CCCC2)no1. The Hall–Kier alpha value is -1.10. The van der Waals surface area contributed by atoms with Crippen LogP contribution in [0.25, 0.3) is 0 Å². The van der Waals surface area contributed by atoms with Crippen LogP contribution in [0.3, 0.4) is 0 Å². The molecule has 5 heteroatoms. The molecule has 1 saturated carbocycles. The zero-order chi connectivity index (χ0) is 11.7. The van der Waals surface area contributed by atoms with Gasteiger partial charge in [0.25, 0.3) is 5.95 Å². The Labute approximate surface area is 101 Å². The summed E-state index contributed by atoms with van der Waals surface area (Å²) in [5.74, 6) is 2.51. The summed E-state index contributed by atoms with van der Waals surface area (Å²) in [6, 6.07) is 0. The lowest BCUT2D eigenvalue weighted by Crippen LogP contribution is -2.20. The molecule has 1 aromatic heterocycles. The van der Waals surface area contributed by atoms with Crippen LogP contribution < -0.4 is 10.6 Å². The van der Waals surface area contributed by atoms with Gasteiger partial charge in [-0.15, -0.1) is 0 Å². The van der Waals surface area contributed by atoms with Crippen LogP contribution in [0.1, 0.15) is 43.9 Å². The van der Waals surface area contributed by atoms with E-state index < -0.39 is 0 Å². The predicted molar refractivity (Wildman–Crippen MR) is 64.9 cm³/mol. The minimum Gasteiger partial charge on any atom is -0.338 e. The second-order valence-electron chi connectivity index (χ2n) is 5.16. The highest BCUT2D eigenvalue weighted by molar-refractivity contribution is 5.29. The van der Waals surface area contributed by atoms with Crippen molar-refractivity contribution in [2.24, 2.45) is 11.7 Å². The van der Waals surface area contributed by atoms with E-state index in [-0.39, 0.29) is 0 Å². The van der Waals surface area contributed by atoms with Gasteiger partial charge < -0.3 is 15.2 Å². The third-order valence-electron chi connectivity index (χ3n) is 4.10. The molecule has 1 aromatic rings. The Balaban J connectivity index is 1.75. The van der Waals surface area contributed by atoms with Crippen molar-refractivity contribution < 1.29 is 4.52 Å². The fourth-order valence-electron chi connectivity index (χ4n) is 3.07. The quantitative estimate of drug-likeness (QED) is 0.861. The van der Waals surface area contributed by atoms with Crippen LogP contribution in [0.15, 0.2) is 4.52 Å². The largest absolute Gasteiger partial charge is 0.338 e. The third kappa shape index (κ3) is 2.04. The second-order valence-corrected chi connectivity index (χ2v) is 5.16. The molecular weight excluding hydrogens is 216 g/mol. The number of nitrogens with zero attached hydrogens (tertiary/aromatic N) is 3. The van der Waals surface area contributed by atoms with Crippen molar-refractivity contribution in [3.05, 3.63) is 5.89 Å². The Morgan fingerprint density at radius 1 is 1.24 bits per heavy atom. The number of hydrogen-bond donors (Lipinski definition) is 1. The molecule has 2 unspecified atom stereocenters. The molecule has 2 atom stereocenters. The molecule has 94 valence electrons. The van der Waals surface area contributed by atoms with E-state index >= 15 is 0 Å². The van der Waals surface area contributed by atoms with Gasteiger partial charge in [0.05, 0.1) is 0 Å². The summed E-state index contributed by atoms with van der Waals surface area (Å²) in [5, 5.41) is 4.11. The number of hydrogen-bond acceptors (Lipinski definition) is 5. The lowest BCUT2D eigenvalue weighted by atomic mass is 9.96. The Morgan fingerprint density at radius 3 is 2.82 bits per heavy atom. The molecule has 2 N–H and O–H groups in total. The minimum absolute atomic E-state index is 0.392. The fraction of sp³-hybridized carbons (Fsp3) is 0.833. The van der Waals surface area contributed by atoms with E-state index in [0.29, 0.717) is 11.8 Å². The third-order valence-corrected chi connectivity index (χ3v) is 4.10. The standard InChI is InChI=1S/C12H20N4O/c13-8-9-4-3-5-10(9)11-14-12(15-17-11)16-6-1-2-7-16/h9-10H,1-8,13H2. The van der Waals surface area contributed by atoms with E-state index in [0.717, 1.165) is 37.9 Å². The van der Waals surface area contributed by atoms with Crippen molar-refractivity contribution in [3.8, 4) is 0 Å². The zero-order valence-corrected chi connectivity index (χ0v) is 10.1. The maximum absolute atomic E-state index is 5.79. The molecule has 0 bridgehead atoms. The maximum atomic E-state index is 5.79. The smallest absolute Gasteiger partial charge is 0.266 e. The van der Waals surface area contributed by atoms with Crippen LogP contribution in [-0.2, 0) is 0 Å². The van der Waals surface area contributed by atoms with Gasteiger partial charge in [-0.3, -0.25) is 0 Å². The van der Waals surface area contributed by atoms with Gasteiger partial charge in [-0.05, 0) is 43.3 Å². The van der Waals surface area contributed by atoms with E-state index in [2.05, 4.69) is 15.0 Å². The molecule has 1 saturated heterocycles. The molecule has 2 fully saturated rings. The molecule has 0 aromatic carbocycles. The summed E-state index contributed by atoms with van der Waals surface area (Å²) >= 11 is 0. The van der Waals surface area contributed by atoms with Crippen molar-refractivity contribution >= 4 is 5.95 Å². The molecule has 5 nitrogen and oxygen atoms in total. The number of nitrogens with two attached hydrogens (primary N) is 1. The second kappa shape index (κ2) is 4.64. The van der Waals surface area contributed by atoms with E-state index in [1.54, 1.807) is 0 Å². The monoisotopic (exact) mass is 236 g/mol. The summed E-state index contributed by atoms with van der Waals surface area (Å²) in [5.41, 5.74) is 5.79. The van der Waals surface area contributed by atoms with E-state index in [9.17, 15) is 0 Å². The van der Waals surface area contributed by atoms with E-state index in [1.807, 2.05) is 0 Å². The van der Waals surface area contributed by atoms with Crippen LogP contribution in [-0.4, -0.2) is 29.8 Å². The van der Waals surface area contributed by atoms with Crippen LogP contribution in [0.5, 0.6) is 0 Å². The van der Waals surface area contributed by atoms with Crippen molar-refractivity contribution in [1.82, 2.24) is 10.1 Å². The topological polar surface area (TPSA) is 68.2 Å². The summed E-state index contributed by atoms with van der Waals surface area (Å²) in [4.78, 5) is 6.77. The van der Waals surface area contributed by atoms with Gasteiger partial charge in [0, 0.05) is 19.0 Å². The first kappa shape index (κ1) is 11.0. The predicted octanol–water partition coefficient (Wildman–Crippen LogP) is 1.51. The summed E-state index contributed by atoms with van der Waals surface area (Å²) in [6.45, 7) is 2.85. The van der Waals surface area contributed by atoms with Gasteiger partial charge in [0.2, 0.25) is 5.89 Å². The normalized spacial score (nSPS) is 29.1. The van der Waals surface area contributed by atoms with E-state index in [1.165, 1.54) is 25.7 Å². The lowest BCUT2D eigenvalue weighted by molar-refractivity contribution is 0.325. The summed E-state index contributed by atoms with van der Waals surface area (Å²) in [6.07, 6.45) is 6.04. The maximum Gasteiger partial charge on any atom is 0.266 e. The number of anilines is 1. The highest BCUT2D eigenvalue weighted by Gasteiger charge is 2.32. The van der Waals surface area contributed by atoms with Crippen molar-refractivity contribution in [1.29, 1.82) is 0 Å². The van der Waals surface area contributed by atoms with Crippen LogP contribution >= 0.6 is 0 Å². The molecule has 2 heterocycles. The van der Waals surface area contributed by atoms with Gasteiger partial charge >= 0.3 is 0 Å². The molecule has 2 aliphatic rings. The first-order valence-electron chi connectivity index (χ1n) is 6.67. The molecule has 1 aliphatic carbocycles. The zero-order valence-electron chi connectivity index (χ0n) is 10.1. The van der Waals surface area contributed by atoms with Crippen LogP contribution in [0.2, 0.25) is 0 Å². The first-order chi connectivity index (χ1) is 8.38. The average molecular weight is 236 g/mol. The van der Waals surface area contributed by atoms with Gasteiger partial charge in [-0.25, -0.2) is 0 Å². The van der Waals surface area contributed by atoms with Crippen molar-refractivity contribution in [2.75, 3.05) is 24.5 Å². The molecule has 0 radical (unpaired) electrons. The molecule has 17 heavy (non-hydrogen) atoms. The van der Waals surface area contributed by atoms with E-state index in [4.69, 9.17) is 10.3 Å². The Morgan fingerprint density at radius 2 is 2.06 bits per heavy atom. The Kier molecular flexibility index (Phi) is 3.01. The van der Waals surface area contributed by atoms with Crippen LogP contribution in [0, 0.1) is 5.92 Å². The fourth-order valence-corrected chi connectivity index (χ4v) is 3.07. The summed E-state index contributed by atoms with van der Waals surface area (Å²) in [7, 11) is 0. The molecule has 3 rings (SSSR count). The first-order valence-corrected chi connectivity index (χ1v) is 6.67. The number of aromatic nitrogens is 2. The molecule has 0 amide bonds. The van der Waals surface area contributed by atoms with Gasteiger partial charge in [-0.2, -0.15) is 4.98 Å². The molecule has 0 spiro atoms. The average Bonchev–Trinajstić information content (AvgIpc) is 3.09. The molecule has 1 aliphatic heterocycles. The molecular formula is C12H20N4O. The highest BCUT2D eigenvalue weighted by atomic mass is 16.5. The van der Waals surface area contributed by atoms with Crippen molar-refractivity contribution in [2.45, 2.75) is 38.0 Å². The Bertz CT molecular complexity index is 372. The van der Waals surface area contributed by atoms with Gasteiger partial charge in [0.1, 0.15) is 0 Å². The van der Waals surface area contributed by atoms with Crippen LogP contribution in [0.4, 0.5) is 5.95 Å². The minimum atomic E-state index is 0.392. The lowest BCUT2D eigenvalue weighted by Gasteiger charge is -2.13. The highest BCUT2D eigenvalue weighted by Crippen LogP contribution is 2.38. The van der Waals surface area contributed by atoms with Crippen molar-refractivity contribution in [3.63, 3.8) is 0 Å². The van der Waals surface area contributed by atoms with Gasteiger partial charge in [0.15, 0.2) is 0 Å². The van der Waals surface area contributed by atoms with Gasteiger partial charge in [-0.1, -0.05) is 6.42 Å². The number of rotatable bonds is 3.